The van der Waals surface area contributed by atoms with Crippen LogP contribution in [0.2, 0.25) is 0 Å². The minimum atomic E-state index is -0.361. The molecule has 0 spiro atoms. The molecule has 0 saturated heterocycles. The number of hydrogen-bond acceptors (Lipinski definition) is 5. The quantitative estimate of drug-likeness (QED) is 0.542. The SMILES string of the molecule is Cc1ccc(NC(=O)CSc2nnc(-c3ccccc3)n2N)cc1F. The number of anilines is 1. The molecule has 0 bridgehead atoms. The predicted octanol–water partition coefficient (Wildman–Crippen LogP) is 2.84. The van der Waals surface area contributed by atoms with Crippen LogP contribution < -0.4 is 11.2 Å². The molecule has 2 aromatic carbocycles. The fourth-order valence-corrected chi connectivity index (χ4v) is 2.81. The van der Waals surface area contributed by atoms with Crippen molar-refractivity contribution in [2.75, 3.05) is 16.9 Å². The Hall–Kier alpha value is -2.87. The van der Waals surface area contributed by atoms with Crippen molar-refractivity contribution in [3.8, 4) is 11.4 Å². The first-order valence-corrected chi connectivity index (χ1v) is 8.48. The zero-order valence-electron chi connectivity index (χ0n) is 13.4. The lowest BCUT2D eigenvalue weighted by Crippen LogP contribution is -2.16. The minimum Gasteiger partial charge on any atom is -0.335 e. The smallest absolute Gasteiger partial charge is 0.234 e. The molecule has 0 unspecified atom stereocenters. The number of aromatic nitrogens is 3. The molecule has 8 heteroatoms. The summed E-state index contributed by atoms with van der Waals surface area (Å²) in [4.78, 5) is 12.0. The van der Waals surface area contributed by atoms with Crippen LogP contribution in [0.3, 0.4) is 0 Å². The van der Waals surface area contributed by atoms with Crippen molar-refractivity contribution in [1.29, 1.82) is 0 Å². The Labute approximate surface area is 148 Å². The average molecular weight is 357 g/mol. The van der Waals surface area contributed by atoms with Gasteiger partial charge in [-0.1, -0.05) is 48.2 Å². The van der Waals surface area contributed by atoms with Crippen molar-refractivity contribution in [1.82, 2.24) is 14.9 Å². The first-order chi connectivity index (χ1) is 12.0. The highest BCUT2D eigenvalue weighted by atomic mass is 32.2. The van der Waals surface area contributed by atoms with Crippen LogP contribution in [0.1, 0.15) is 5.56 Å². The predicted molar refractivity (Wildman–Crippen MR) is 96.1 cm³/mol. The summed E-state index contributed by atoms with van der Waals surface area (Å²) in [7, 11) is 0. The molecule has 0 aliphatic heterocycles. The van der Waals surface area contributed by atoms with Crippen molar-refractivity contribution in [2.24, 2.45) is 0 Å². The van der Waals surface area contributed by atoms with Crippen LogP contribution in [0.25, 0.3) is 11.4 Å². The van der Waals surface area contributed by atoms with E-state index in [0.717, 1.165) is 17.3 Å². The highest BCUT2D eigenvalue weighted by Crippen LogP contribution is 2.21. The largest absolute Gasteiger partial charge is 0.335 e. The van der Waals surface area contributed by atoms with Crippen molar-refractivity contribution < 1.29 is 9.18 Å². The molecule has 128 valence electrons. The second-order valence-electron chi connectivity index (χ2n) is 5.34. The number of nitrogens with two attached hydrogens (primary N) is 1. The van der Waals surface area contributed by atoms with E-state index in [4.69, 9.17) is 5.84 Å². The van der Waals surface area contributed by atoms with Gasteiger partial charge in [-0.25, -0.2) is 9.07 Å². The number of benzene rings is 2. The minimum absolute atomic E-state index is 0.0830. The number of nitrogens with one attached hydrogen (secondary N) is 1. The van der Waals surface area contributed by atoms with Gasteiger partial charge in [0, 0.05) is 11.3 Å². The summed E-state index contributed by atoms with van der Waals surface area (Å²) in [6.07, 6.45) is 0. The molecule has 3 N–H and O–H groups in total. The number of amides is 1. The summed E-state index contributed by atoms with van der Waals surface area (Å²) in [5, 5.41) is 11.1. The molecular formula is C17H16FN5OS. The van der Waals surface area contributed by atoms with Crippen molar-refractivity contribution in [3.63, 3.8) is 0 Å². The second kappa shape index (κ2) is 7.35. The van der Waals surface area contributed by atoms with Crippen LogP contribution in [-0.2, 0) is 4.79 Å². The first kappa shape index (κ1) is 17.0. The number of aryl methyl sites for hydroxylation is 1. The molecule has 3 rings (SSSR count). The Kier molecular flexibility index (Phi) is 4.99. The molecule has 1 aromatic heterocycles. The Morgan fingerprint density at radius 3 is 2.72 bits per heavy atom. The molecule has 6 nitrogen and oxygen atoms in total. The lowest BCUT2D eigenvalue weighted by molar-refractivity contribution is -0.113. The van der Waals surface area contributed by atoms with E-state index < -0.39 is 0 Å². The van der Waals surface area contributed by atoms with E-state index in [9.17, 15) is 9.18 Å². The van der Waals surface area contributed by atoms with E-state index in [2.05, 4.69) is 15.5 Å². The van der Waals surface area contributed by atoms with Gasteiger partial charge in [-0.05, 0) is 24.6 Å². The molecule has 1 amide bonds. The molecule has 1 heterocycles. The van der Waals surface area contributed by atoms with Gasteiger partial charge in [0.05, 0.1) is 5.75 Å². The summed E-state index contributed by atoms with van der Waals surface area (Å²) in [5.41, 5.74) is 1.77. The van der Waals surface area contributed by atoms with Crippen LogP contribution in [0.5, 0.6) is 0 Å². The topological polar surface area (TPSA) is 85.8 Å². The highest BCUT2D eigenvalue weighted by Gasteiger charge is 2.13. The van der Waals surface area contributed by atoms with Crippen LogP contribution in [0.15, 0.2) is 53.7 Å². The third kappa shape index (κ3) is 3.97. The van der Waals surface area contributed by atoms with Crippen LogP contribution in [0, 0.1) is 12.7 Å². The van der Waals surface area contributed by atoms with E-state index in [1.165, 1.54) is 10.7 Å². The summed E-state index contributed by atoms with van der Waals surface area (Å²) in [5.74, 6) is 5.96. The molecule has 3 aromatic rings. The van der Waals surface area contributed by atoms with Crippen LogP contribution in [-0.4, -0.2) is 26.5 Å². The summed E-state index contributed by atoms with van der Waals surface area (Å²) < 4.78 is 14.8. The molecule has 0 aliphatic rings. The maximum Gasteiger partial charge on any atom is 0.234 e. The van der Waals surface area contributed by atoms with Gasteiger partial charge in [0.25, 0.3) is 0 Å². The summed E-state index contributed by atoms with van der Waals surface area (Å²) >= 11 is 1.16. The van der Waals surface area contributed by atoms with Crippen molar-refractivity contribution in [3.05, 3.63) is 59.9 Å². The van der Waals surface area contributed by atoms with Gasteiger partial charge in [-0.3, -0.25) is 4.79 Å². The maximum absolute atomic E-state index is 13.5. The molecule has 0 aliphatic carbocycles. The fraction of sp³-hybridized carbons (Fsp3) is 0.118. The number of thioether (sulfide) groups is 1. The van der Waals surface area contributed by atoms with Crippen molar-refractivity contribution >= 4 is 23.4 Å². The third-order valence-corrected chi connectivity index (χ3v) is 4.43. The normalized spacial score (nSPS) is 10.6. The van der Waals surface area contributed by atoms with Gasteiger partial charge >= 0.3 is 0 Å². The van der Waals surface area contributed by atoms with Crippen molar-refractivity contribution in [2.45, 2.75) is 12.1 Å². The van der Waals surface area contributed by atoms with E-state index in [1.807, 2.05) is 30.3 Å². The Morgan fingerprint density at radius 1 is 1.24 bits per heavy atom. The van der Waals surface area contributed by atoms with Gasteiger partial charge in [0.15, 0.2) is 5.82 Å². The van der Waals surface area contributed by atoms with E-state index in [-0.39, 0.29) is 17.5 Å². The number of halogens is 1. The van der Waals surface area contributed by atoms with Gasteiger partial charge in [0.2, 0.25) is 11.1 Å². The lowest BCUT2D eigenvalue weighted by Gasteiger charge is -2.06. The second-order valence-corrected chi connectivity index (χ2v) is 6.29. The summed E-state index contributed by atoms with van der Waals surface area (Å²) in [6.45, 7) is 1.66. The third-order valence-electron chi connectivity index (χ3n) is 3.48. The van der Waals surface area contributed by atoms with Gasteiger partial charge in [-0.2, -0.15) is 0 Å². The lowest BCUT2D eigenvalue weighted by atomic mass is 10.2. The molecule has 0 radical (unpaired) electrons. The maximum atomic E-state index is 13.5. The zero-order chi connectivity index (χ0) is 17.8. The number of hydrogen-bond donors (Lipinski definition) is 2. The highest BCUT2D eigenvalue weighted by molar-refractivity contribution is 7.99. The van der Waals surface area contributed by atoms with Gasteiger partial charge in [-0.15, -0.1) is 10.2 Å². The number of nitrogen functional groups attached to an aromatic ring is 1. The van der Waals surface area contributed by atoms with Crippen LogP contribution >= 0.6 is 11.8 Å². The number of carbonyl (C=O) groups excluding carboxylic acids is 1. The standard InChI is InChI=1S/C17H16FN5OS/c1-11-7-8-13(9-14(11)18)20-15(24)10-25-17-22-21-16(23(17)19)12-5-3-2-4-6-12/h2-9H,10,19H2,1H3,(H,20,24). The van der Waals surface area contributed by atoms with Gasteiger partial charge in [0.1, 0.15) is 5.82 Å². The number of carbonyl (C=O) groups is 1. The van der Waals surface area contributed by atoms with E-state index >= 15 is 0 Å². The summed E-state index contributed by atoms with van der Waals surface area (Å²) in [6, 6.07) is 14.0. The molecule has 0 saturated carbocycles. The molecule has 25 heavy (non-hydrogen) atoms. The molecular weight excluding hydrogens is 341 g/mol. The Balaban J connectivity index is 1.63. The number of rotatable bonds is 5. The first-order valence-electron chi connectivity index (χ1n) is 7.49. The zero-order valence-corrected chi connectivity index (χ0v) is 14.3. The van der Waals surface area contributed by atoms with Crippen LogP contribution in [0.4, 0.5) is 10.1 Å². The van der Waals surface area contributed by atoms with E-state index in [1.54, 1.807) is 19.1 Å². The number of nitrogens with zero attached hydrogens (tertiary/aromatic N) is 3. The molecule has 0 atom stereocenters. The average Bonchev–Trinajstić information content (AvgIpc) is 2.98. The molecule has 0 fully saturated rings. The fourth-order valence-electron chi connectivity index (χ4n) is 2.16. The Morgan fingerprint density at radius 2 is 2.00 bits per heavy atom. The Bertz CT molecular complexity index is 897. The van der Waals surface area contributed by atoms with E-state index in [0.29, 0.717) is 22.2 Å². The van der Waals surface area contributed by atoms with Gasteiger partial charge < -0.3 is 11.2 Å². The monoisotopic (exact) mass is 357 g/mol.